The predicted octanol–water partition coefficient (Wildman–Crippen LogP) is 6.50. The molecule has 0 aliphatic carbocycles. The van der Waals surface area contributed by atoms with Crippen LogP contribution in [-0.4, -0.2) is 32.8 Å². The van der Waals surface area contributed by atoms with Gasteiger partial charge in [0.25, 0.3) is 5.91 Å². The van der Waals surface area contributed by atoms with Crippen molar-refractivity contribution < 1.29 is 41.3 Å². The van der Waals surface area contributed by atoms with Crippen molar-refractivity contribution >= 4 is 23.4 Å². The van der Waals surface area contributed by atoms with Crippen molar-refractivity contribution in [3.63, 3.8) is 0 Å². The largest absolute Gasteiger partial charge is 0.392 e. The molecule has 13 heteroatoms. The van der Waals surface area contributed by atoms with Crippen molar-refractivity contribution in [1.82, 2.24) is 9.97 Å². The van der Waals surface area contributed by atoms with Crippen LogP contribution in [0, 0.1) is 35.0 Å². The van der Waals surface area contributed by atoms with Crippen molar-refractivity contribution in [1.29, 1.82) is 0 Å². The first-order valence-corrected chi connectivity index (χ1v) is 14.0. The van der Waals surface area contributed by atoms with Crippen molar-refractivity contribution in [3.05, 3.63) is 118 Å². The molecule has 3 aromatic carbocycles. The van der Waals surface area contributed by atoms with E-state index in [-0.39, 0.29) is 24.3 Å². The van der Waals surface area contributed by atoms with Gasteiger partial charge in [-0.1, -0.05) is 55.1 Å². The second kappa shape index (κ2) is 13.2. The molecule has 43 heavy (non-hydrogen) atoms. The average Bonchev–Trinajstić information content (AvgIpc) is 3.03. The minimum atomic E-state index is -2.35. The van der Waals surface area contributed by atoms with Crippen LogP contribution in [0.1, 0.15) is 46.4 Å². The summed E-state index contributed by atoms with van der Waals surface area (Å²) in [6, 6.07) is 14.9. The van der Waals surface area contributed by atoms with Gasteiger partial charge >= 0.3 is 0 Å². The third kappa shape index (κ3) is 6.54. The van der Waals surface area contributed by atoms with Crippen LogP contribution in [0.2, 0.25) is 0 Å². The Labute approximate surface area is 247 Å². The van der Waals surface area contributed by atoms with Gasteiger partial charge in [0.15, 0.2) is 34.7 Å². The molecule has 0 radical (unpaired) electrons. The maximum absolute atomic E-state index is 14.1. The number of nitrogens with zero attached hydrogens (tertiary/aromatic N) is 2. The van der Waals surface area contributed by atoms with Crippen LogP contribution in [0.4, 0.5) is 27.6 Å². The van der Waals surface area contributed by atoms with E-state index < -0.39 is 53.0 Å². The predicted molar refractivity (Wildman–Crippen MR) is 146 cm³/mol. The van der Waals surface area contributed by atoms with Crippen LogP contribution >= 0.6 is 11.8 Å². The van der Waals surface area contributed by atoms with Gasteiger partial charge in [-0.2, -0.15) is 0 Å². The van der Waals surface area contributed by atoms with Crippen LogP contribution in [0.15, 0.2) is 72.1 Å². The third-order valence-corrected chi connectivity index (χ3v) is 7.88. The van der Waals surface area contributed by atoms with E-state index in [1.165, 1.54) is 23.9 Å². The van der Waals surface area contributed by atoms with Gasteiger partial charge < -0.3 is 19.9 Å². The van der Waals surface area contributed by atoms with Crippen LogP contribution in [0.3, 0.4) is 0 Å². The highest BCUT2D eigenvalue weighted by molar-refractivity contribution is 7.99. The van der Waals surface area contributed by atoms with Crippen molar-refractivity contribution in [2.45, 2.75) is 37.2 Å². The Morgan fingerprint density at radius 3 is 2.05 bits per heavy atom. The van der Waals surface area contributed by atoms with E-state index in [4.69, 9.17) is 9.47 Å². The molecular weight excluding hydrogens is 593 g/mol. The highest BCUT2D eigenvalue weighted by Crippen LogP contribution is 2.43. The number of aliphatic hydroxyl groups is 1. The van der Waals surface area contributed by atoms with Gasteiger partial charge in [-0.3, -0.25) is 4.79 Å². The quantitative estimate of drug-likeness (QED) is 0.0767. The molecule has 1 fully saturated rings. The maximum Gasteiger partial charge on any atom is 0.261 e. The van der Waals surface area contributed by atoms with Crippen molar-refractivity contribution in [2.75, 3.05) is 11.1 Å². The Morgan fingerprint density at radius 1 is 0.860 bits per heavy atom. The number of hydrogen-bond donors (Lipinski definition) is 2. The average molecular weight is 618 g/mol. The van der Waals surface area contributed by atoms with Gasteiger partial charge in [-0.15, -0.1) is 0 Å². The maximum atomic E-state index is 14.1. The molecule has 0 spiro atoms. The van der Waals surface area contributed by atoms with E-state index in [0.717, 1.165) is 11.1 Å². The lowest BCUT2D eigenvalue weighted by Gasteiger charge is -2.41. The molecule has 0 unspecified atom stereocenters. The molecule has 0 bridgehead atoms. The Morgan fingerprint density at radius 2 is 1.44 bits per heavy atom. The molecule has 5 rings (SSSR count). The number of thioether (sulfide) groups is 1. The fourth-order valence-electron chi connectivity index (χ4n) is 4.55. The fourth-order valence-corrected chi connectivity index (χ4v) is 5.51. The summed E-state index contributed by atoms with van der Waals surface area (Å²) in [5.41, 5.74) is 0.606. The number of carbonyl (C=O) groups excluding carboxylic acids is 1. The molecule has 7 nitrogen and oxygen atoms in total. The minimum Gasteiger partial charge on any atom is -0.392 e. The summed E-state index contributed by atoms with van der Waals surface area (Å²) in [4.78, 5) is 20.9. The summed E-state index contributed by atoms with van der Waals surface area (Å²) in [7, 11) is 0. The number of aliphatic hydroxyl groups excluding tert-OH is 1. The Balaban J connectivity index is 1.36. The monoisotopic (exact) mass is 617 g/mol. The van der Waals surface area contributed by atoms with Crippen molar-refractivity contribution in [2.24, 2.45) is 5.92 Å². The number of halogens is 5. The zero-order chi connectivity index (χ0) is 30.7. The molecule has 1 aromatic heterocycles. The minimum absolute atomic E-state index is 0.0337. The lowest BCUT2D eigenvalue weighted by molar-refractivity contribution is -0.268. The number of nitrogens with one attached hydrogen (secondary N) is 1. The fraction of sp³-hybridized carbons (Fsp3) is 0.233. The molecule has 224 valence electrons. The zero-order valence-corrected chi connectivity index (χ0v) is 23.3. The molecule has 4 aromatic rings. The number of hydrogen-bond acceptors (Lipinski definition) is 7. The van der Waals surface area contributed by atoms with Crippen LogP contribution < -0.4 is 5.32 Å². The van der Waals surface area contributed by atoms with Gasteiger partial charge in [0.05, 0.1) is 18.8 Å². The molecule has 2 N–H and O–H groups in total. The van der Waals surface area contributed by atoms with E-state index in [0.29, 0.717) is 16.5 Å². The summed E-state index contributed by atoms with van der Waals surface area (Å²) in [6.07, 6.45) is 1.71. The van der Waals surface area contributed by atoms with Gasteiger partial charge in [-0.25, -0.2) is 31.9 Å². The first-order valence-electron chi connectivity index (χ1n) is 13.0. The van der Waals surface area contributed by atoms with Crippen LogP contribution in [0.5, 0.6) is 0 Å². The van der Waals surface area contributed by atoms with Crippen LogP contribution in [-0.2, 0) is 16.1 Å². The molecule has 1 aliphatic rings. The lowest BCUT2D eigenvalue weighted by Crippen LogP contribution is -2.38. The van der Waals surface area contributed by atoms with E-state index in [1.54, 1.807) is 42.7 Å². The first kappa shape index (κ1) is 30.5. The van der Waals surface area contributed by atoms with Crippen molar-refractivity contribution in [3.8, 4) is 0 Å². The van der Waals surface area contributed by atoms with Gasteiger partial charge in [-0.05, 0) is 29.3 Å². The van der Waals surface area contributed by atoms with Gasteiger partial charge in [0, 0.05) is 35.3 Å². The van der Waals surface area contributed by atoms with E-state index in [2.05, 4.69) is 15.3 Å². The van der Waals surface area contributed by atoms with E-state index in [9.17, 15) is 31.9 Å². The second-order valence-corrected chi connectivity index (χ2v) is 10.7. The lowest BCUT2D eigenvalue weighted by atomic mass is 9.91. The van der Waals surface area contributed by atoms with Crippen LogP contribution in [0.25, 0.3) is 0 Å². The van der Waals surface area contributed by atoms with Gasteiger partial charge in [0.1, 0.15) is 5.56 Å². The third-order valence-electron chi connectivity index (χ3n) is 6.92. The summed E-state index contributed by atoms with van der Waals surface area (Å²) in [5.74, 6) is -12.4. The number of benzene rings is 3. The van der Waals surface area contributed by atoms with E-state index >= 15 is 0 Å². The Kier molecular flexibility index (Phi) is 9.35. The number of ether oxygens (including phenoxy) is 2. The zero-order valence-electron chi connectivity index (χ0n) is 22.4. The number of anilines is 1. The summed E-state index contributed by atoms with van der Waals surface area (Å²) < 4.78 is 81.4. The number of aromatic nitrogens is 2. The number of amides is 1. The molecular formula is C30H24F5N3O4S. The molecule has 2 heterocycles. The second-order valence-electron chi connectivity index (χ2n) is 9.69. The number of rotatable bonds is 8. The summed E-state index contributed by atoms with van der Waals surface area (Å²) in [5, 5.41) is 12.2. The Bertz CT molecular complexity index is 1570. The smallest absolute Gasteiger partial charge is 0.261 e. The SMILES string of the molecule is C[C@@H]1[C@H](CSc2ncccn2)O[C@H](c2ccc(NC(=O)c3c(F)c(F)c(F)c(F)c3F)cc2)O[C@@H]1c1ccc(CO)cc1. The molecule has 1 aliphatic heterocycles. The number of carbonyl (C=O) groups is 1. The van der Waals surface area contributed by atoms with Gasteiger partial charge in [0.2, 0.25) is 5.82 Å². The molecule has 4 atom stereocenters. The topological polar surface area (TPSA) is 93.6 Å². The molecule has 1 saturated heterocycles. The highest BCUT2D eigenvalue weighted by atomic mass is 32.2. The normalized spacial score (nSPS) is 20.2. The molecule has 0 saturated carbocycles. The molecule has 1 amide bonds. The first-order chi connectivity index (χ1) is 20.7. The highest BCUT2D eigenvalue weighted by Gasteiger charge is 2.38. The summed E-state index contributed by atoms with van der Waals surface area (Å²) in [6.45, 7) is 1.90. The standard InChI is InChI=1S/C30H24F5N3O4S/c1-15-20(14-43-30-36-11-2-12-37-30)41-29(42-27(15)17-5-3-16(13-39)4-6-17)18-7-9-19(10-8-18)38-28(40)21-22(31)24(33)26(35)25(34)23(21)32/h2-12,15,20,27,29,39H,13-14H2,1H3,(H,38,40)/t15-,20+,27+,29+/m1/s1. The Hall–Kier alpha value is -3.91. The summed E-state index contributed by atoms with van der Waals surface area (Å²) >= 11 is 1.42. The van der Waals surface area contributed by atoms with E-state index in [1.807, 2.05) is 19.1 Å².